The quantitative estimate of drug-likeness (QED) is 0.866. The lowest BCUT2D eigenvalue weighted by molar-refractivity contribution is 0.0613. The standard InChI is InChI=1S/C14H20ClN3O2/c1-16-13-8-11(7-12(15)17-13)14(19)18-5-3-10(4-6-18)9-20-2/h7-8,10H,3-6,9H2,1-2H3,(H,16,17). The molecule has 1 aromatic rings. The van der Waals surface area contributed by atoms with Crippen molar-refractivity contribution in [3.8, 4) is 0 Å². The van der Waals surface area contributed by atoms with Gasteiger partial charge in [-0.05, 0) is 30.9 Å². The molecule has 0 radical (unpaired) electrons. The van der Waals surface area contributed by atoms with E-state index in [1.54, 1.807) is 26.3 Å². The van der Waals surface area contributed by atoms with Crippen LogP contribution in [0.2, 0.25) is 5.15 Å². The summed E-state index contributed by atoms with van der Waals surface area (Å²) >= 11 is 5.94. The minimum Gasteiger partial charge on any atom is -0.384 e. The lowest BCUT2D eigenvalue weighted by Crippen LogP contribution is -2.39. The molecule has 0 bridgehead atoms. The zero-order valence-electron chi connectivity index (χ0n) is 11.9. The number of likely N-dealkylation sites (tertiary alicyclic amines) is 1. The average Bonchev–Trinajstić information content (AvgIpc) is 2.47. The Morgan fingerprint density at radius 3 is 2.80 bits per heavy atom. The monoisotopic (exact) mass is 297 g/mol. The maximum absolute atomic E-state index is 12.5. The smallest absolute Gasteiger partial charge is 0.254 e. The van der Waals surface area contributed by atoms with E-state index >= 15 is 0 Å². The number of aromatic nitrogens is 1. The first-order chi connectivity index (χ1) is 9.63. The summed E-state index contributed by atoms with van der Waals surface area (Å²) in [6.45, 7) is 2.30. The predicted octanol–water partition coefficient (Wildman–Crippen LogP) is 2.28. The van der Waals surface area contributed by atoms with Crippen molar-refractivity contribution in [3.63, 3.8) is 0 Å². The van der Waals surface area contributed by atoms with E-state index in [1.165, 1.54) is 0 Å². The minimum absolute atomic E-state index is 0.0154. The van der Waals surface area contributed by atoms with Crippen LogP contribution in [0, 0.1) is 5.92 Å². The van der Waals surface area contributed by atoms with Crippen molar-refractivity contribution in [3.05, 3.63) is 22.8 Å². The van der Waals surface area contributed by atoms with E-state index in [-0.39, 0.29) is 5.91 Å². The molecule has 0 aromatic carbocycles. The number of carbonyl (C=O) groups is 1. The molecule has 0 saturated carbocycles. The molecule has 0 spiro atoms. The average molecular weight is 298 g/mol. The van der Waals surface area contributed by atoms with E-state index in [1.807, 2.05) is 4.90 Å². The van der Waals surface area contributed by atoms with Gasteiger partial charge in [0, 0.05) is 39.4 Å². The van der Waals surface area contributed by atoms with Crippen LogP contribution in [0.5, 0.6) is 0 Å². The Morgan fingerprint density at radius 1 is 1.50 bits per heavy atom. The van der Waals surface area contributed by atoms with Crippen LogP contribution in [-0.4, -0.2) is 49.6 Å². The minimum atomic E-state index is 0.0154. The first-order valence-electron chi connectivity index (χ1n) is 6.77. The van der Waals surface area contributed by atoms with Crippen molar-refractivity contribution in [1.82, 2.24) is 9.88 Å². The number of hydrogen-bond acceptors (Lipinski definition) is 4. The Hall–Kier alpha value is -1.33. The maximum atomic E-state index is 12.5. The number of methoxy groups -OCH3 is 1. The molecule has 6 heteroatoms. The summed E-state index contributed by atoms with van der Waals surface area (Å²) in [6.07, 6.45) is 1.97. The van der Waals surface area contributed by atoms with Crippen molar-refractivity contribution in [2.75, 3.05) is 39.2 Å². The largest absolute Gasteiger partial charge is 0.384 e. The van der Waals surface area contributed by atoms with Gasteiger partial charge in [-0.2, -0.15) is 0 Å². The van der Waals surface area contributed by atoms with Crippen molar-refractivity contribution in [2.45, 2.75) is 12.8 Å². The van der Waals surface area contributed by atoms with Crippen LogP contribution in [-0.2, 0) is 4.74 Å². The highest BCUT2D eigenvalue weighted by molar-refractivity contribution is 6.29. The fourth-order valence-corrected chi connectivity index (χ4v) is 2.68. The number of carbonyl (C=O) groups excluding carboxylic acids is 1. The molecule has 0 atom stereocenters. The molecule has 2 heterocycles. The van der Waals surface area contributed by atoms with E-state index in [0.717, 1.165) is 32.5 Å². The first-order valence-corrected chi connectivity index (χ1v) is 7.15. The fraction of sp³-hybridized carbons (Fsp3) is 0.571. The van der Waals surface area contributed by atoms with Crippen molar-refractivity contribution in [1.29, 1.82) is 0 Å². The summed E-state index contributed by atoms with van der Waals surface area (Å²) in [6, 6.07) is 3.35. The van der Waals surface area contributed by atoms with Gasteiger partial charge in [-0.25, -0.2) is 4.98 Å². The number of piperidine rings is 1. The fourth-order valence-electron chi connectivity index (χ4n) is 2.47. The summed E-state index contributed by atoms with van der Waals surface area (Å²) in [5.74, 6) is 1.18. The van der Waals surface area contributed by atoms with E-state index in [0.29, 0.717) is 22.5 Å². The lowest BCUT2D eigenvalue weighted by atomic mass is 9.97. The van der Waals surface area contributed by atoms with Gasteiger partial charge in [-0.3, -0.25) is 4.79 Å². The van der Waals surface area contributed by atoms with Gasteiger partial charge in [0.05, 0.1) is 0 Å². The molecular weight excluding hydrogens is 278 g/mol. The summed E-state index contributed by atoms with van der Waals surface area (Å²) in [5, 5.41) is 3.24. The molecule has 1 aromatic heterocycles. The molecule has 1 amide bonds. The van der Waals surface area contributed by atoms with Crippen LogP contribution in [0.4, 0.5) is 5.82 Å². The number of pyridine rings is 1. The number of ether oxygens (including phenoxy) is 1. The van der Waals surface area contributed by atoms with Crippen LogP contribution >= 0.6 is 11.6 Å². The highest BCUT2D eigenvalue weighted by atomic mass is 35.5. The Bertz CT molecular complexity index is 473. The molecule has 0 aliphatic carbocycles. The number of halogens is 1. The van der Waals surface area contributed by atoms with Crippen LogP contribution in [0.25, 0.3) is 0 Å². The predicted molar refractivity (Wildman–Crippen MR) is 79.3 cm³/mol. The van der Waals surface area contributed by atoms with Crippen LogP contribution in [0.1, 0.15) is 23.2 Å². The van der Waals surface area contributed by atoms with Crippen molar-refractivity contribution < 1.29 is 9.53 Å². The molecule has 1 aliphatic heterocycles. The normalized spacial score (nSPS) is 16.2. The number of hydrogen-bond donors (Lipinski definition) is 1. The first kappa shape index (κ1) is 15.1. The second kappa shape index (κ2) is 6.90. The van der Waals surface area contributed by atoms with Crippen LogP contribution < -0.4 is 5.32 Å². The third-order valence-corrected chi connectivity index (χ3v) is 3.79. The molecule has 1 aliphatic rings. The Labute approximate surface area is 124 Å². The molecule has 1 saturated heterocycles. The lowest BCUT2D eigenvalue weighted by Gasteiger charge is -2.31. The second-order valence-corrected chi connectivity index (χ2v) is 5.39. The zero-order valence-corrected chi connectivity index (χ0v) is 12.6. The Balaban J connectivity index is 2.03. The van der Waals surface area contributed by atoms with Gasteiger partial charge >= 0.3 is 0 Å². The highest BCUT2D eigenvalue weighted by Crippen LogP contribution is 2.21. The van der Waals surface area contributed by atoms with Gasteiger partial charge in [-0.1, -0.05) is 11.6 Å². The Morgan fingerprint density at radius 2 is 2.20 bits per heavy atom. The topological polar surface area (TPSA) is 54.5 Å². The van der Waals surface area contributed by atoms with Gasteiger partial charge in [0.1, 0.15) is 11.0 Å². The highest BCUT2D eigenvalue weighted by Gasteiger charge is 2.24. The van der Waals surface area contributed by atoms with Gasteiger partial charge in [0.25, 0.3) is 5.91 Å². The maximum Gasteiger partial charge on any atom is 0.254 e. The third-order valence-electron chi connectivity index (χ3n) is 3.60. The molecular formula is C14H20ClN3O2. The SMILES string of the molecule is CNc1cc(C(=O)N2CCC(COC)CC2)cc(Cl)n1. The van der Waals surface area contributed by atoms with Crippen LogP contribution in [0.15, 0.2) is 12.1 Å². The van der Waals surface area contributed by atoms with Gasteiger partial charge in [0.2, 0.25) is 0 Å². The second-order valence-electron chi connectivity index (χ2n) is 5.00. The molecule has 1 fully saturated rings. The van der Waals surface area contributed by atoms with E-state index in [2.05, 4.69) is 10.3 Å². The number of anilines is 1. The van der Waals surface area contributed by atoms with E-state index in [4.69, 9.17) is 16.3 Å². The Kier molecular flexibility index (Phi) is 5.20. The number of nitrogens with one attached hydrogen (secondary N) is 1. The molecule has 110 valence electrons. The van der Waals surface area contributed by atoms with Gasteiger partial charge in [-0.15, -0.1) is 0 Å². The number of rotatable bonds is 4. The van der Waals surface area contributed by atoms with Crippen molar-refractivity contribution >= 4 is 23.3 Å². The third kappa shape index (κ3) is 3.61. The van der Waals surface area contributed by atoms with E-state index < -0.39 is 0 Å². The number of amides is 1. The number of nitrogens with zero attached hydrogens (tertiary/aromatic N) is 2. The molecule has 5 nitrogen and oxygen atoms in total. The van der Waals surface area contributed by atoms with E-state index in [9.17, 15) is 4.79 Å². The molecule has 20 heavy (non-hydrogen) atoms. The van der Waals surface area contributed by atoms with Gasteiger partial charge in [0.15, 0.2) is 0 Å². The molecule has 1 N–H and O–H groups in total. The zero-order chi connectivity index (χ0) is 14.5. The van der Waals surface area contributed by atoms with Gasteiger partial charge < -0.3 is 15.0 Å². The summed E-state index contributed by atoms with van der Waals surface area (Å²) < 4.78 is 5.17. The molecule has 0 unspecified atom stereocenters. The van der Waals surface area contributed by atoms with Crippen molar-refractivity contribution in [2.24, 2.45) is 5.92 Å². The molecule has 2 rings (SSSR count). The summed E-state index contributed by atoms with van der Waals surface area (Å²) in [5.41, 5.74) is 0.583. The summed E-state index contributed by atoms with van der Waals surface area (Å²) in [4.78, 5) is 18.4. The van der Waals surface area contributed by atoms with Crippen LogP contribution in [0.3, 0.4) is 0 Å². The summed E-state index contributed by atoms with van der Waals surface area (Å²) in [7, 11) is 3.47.